The van der Waals surface area contributed by atoms with E-state index in [0.29, 0.717) is 23.3 Å². The van der Waals surface area contributed by atoms with Crippen LogP contribution in [0.1, 0.15) is 120 Å². The molecule has 536 valence electrons. The van der Waals surface area contributed by atoms with Crippen LogP contribution in [0.25, 0.3) is 110 Å². The van der Waals surface area contributed by atoms with Crippen molar-refractivity contribution in [2.45, 2.75) is 75.8 Å². The van der Waals surface area contributed by atoms with E-state index in [0.717, 1.165) is 127 Å². The smallest absolute Gasteiger partial charge is 0.185 e. The molecule has 1 fully saturated rings. The molecular weight excluding hydrogens is 1360 g/mol. The zero-order valence-electron chi connectivity index (χ0n) is 62.8. The molecule has 13 aromatic carbocycles. The molecule has 2 aliphatic heterocycles. The number of hydrogen-bond donors (Lipinski definition) is 0. The fraction of sp³-hybridized carbons (Fsp3) is 0.150. The van der Waals surface area contributed by atoms with Crippen molar-refractivity contribution >= 4 is 83.1 Å². The van der Waals surface area contributed by atoms with E-state index in [2.05, 4.69) is 354 Å². The minimum atomic E-state index is -0.248. The van der Waals surface area contributed by atoms with Gasteiger partial charge in [-0.15, -0.1) is 0 Å². The summed E-state index contributed by atoms with van der Waals surface area (Å²) in [6.45, 7) is 4.62. The van der Waals surface area contributed by atoms with Gasteiger partial charge in [-0.2, -0.15) is 0 Å². The van der Waals surface area contributed by atoms with Crippen LogP contribution in [0.2, 0.25) is 0 Å². The van der Waals surface area contributed by atoms with Crippen molar-refractivity contribution in [3.63, 3.8) is 0 Å². The largest absolute Gasteiger partial charge is 0.456 e. The molecule has 0 bridgehead atoms. The Labute approximate surface area is 654 Å². The van der Waals surface area contributed by atoms with Gasteiger partial charge < -0.3 is 8.83 Å². The molecule has 4 heterocycles. The number of para-hydroxylation sites is 1. The Morgan fingerprint density at radius 3 is 1.94 bits per heavy atom. The molecule has 0 N–H and O–H groups in total. The topological polar surface area (TPSA) is 63.4 Å². The third-order valence-electron chi connectivity index (χ3n) is 25.2. The molecule has 1 saturated carbocycles. The number of rotatable bonds is 14. The second-order valence-electron chi connectivity index (χ2n) is 31.7. The summed E-state index contributed by atoms with van der Waals surface area (Å²) >= 11 is 0. The minimum absolute atomic E-state index is 0.0523. The maximum absolute atomic E-state index is 6.65. The van der Waals surface area contributed by atoms with E-state index in [-0.39, 0.29) is 29.3 Å². The minimum Gasteiger partial charge on any atom is -0.456 e. The van der Waals surface area contributed by atoms with E-state index in [1.165, 1.54) is 88.8 Å². The quantitative estimate of drug-likeness (QED) is 0.109. The molecule has 2 aromatic heterocycles. The number of furan rings is 2. The number of amidine groups is 1. The summed E-state index contributed by atoms with van der Waals surface area (Å²) in [5.41, 5.74) is 29.6. The molecule has 8 atom stereocenters. The monoisotopic (exact) mass is 1440 g/mol. The van der Waals surface area contributed by atoms with Gasteiger partial charge in [-0.1, -0.05) is 324 Å². The predicted molar refractivity (Wildman–Crippen MR) is 464 cm³/mol. The van der Waals surface area contributed by atoms with Gasteiger partial charge in [0.05, 0.1) is 17.3 Å². The maximum Gasteiger partial charge on any atom is 0.185 e. The summed E-state index contributed by atoms with van der Waals surface area (Å²) in [6.07, 6.45) is 26.9. The number of hydrogen-bond acceptors (Lipinski definition) is 5. The molecule has 5 heteroatoms. The van der Waals surface area contributed by atoms with Gasteiger partial charge in [-0.05, 0) is 209 Å². The molecular formula is C107H81N3O2. The van der Waals surface area contributed by atoms with E-state index in [4.69, 9.17) is 23.8 Å². The summed E-state index contributed by atoms with van der Waals surface area (Å²) < 4.78 is 12.8. The Bertz CT molecular complexity index is 6520. The van der Waals surface area contributed by atoms with Crippen molar-refractivity contribution in [3.05, 3.63) is 408 Å². The summed E-state index contributed by atoms with van der Waals surface area (Å²) in [6, 6.07) is 111. The van der Waals surface area contributed by atoms with E-state index >= 15 is 0 Å². The lowest BCUT2D eigenvalue weighted by atomic mass is 9.77. The highest BCUT2D eigenvalue weighted by Crippen LogP contribution is 2.59. The fourth-order valence-corrected chi connectivity index (χ4v) is 18.9. The first-order chi connectivity index (χ1) is 55.3. The molecule has 0 saturated heterocycles. The zero-order chi connectivity index (χ0) is 74.4. The SMILES string of the molecule is CCC1CC(C2C=CC=CC2C)=NC(c2ccc(-c3cccc4ccccc34)cc2)=NC1c1ccc(-c2ccc(-c3c#cc4oc5cc(C6=CCC(c7ccc(C8=N[C@]9(C%10=CCC(c%11ccc(-c%12ccc%13oc%14ccccc%14c%13c%12)cc%11)C=C%10)CC9CC(c9ccccc9)=C8)cc7)c7ccccc76)ccc5c4c3)cc2)cc1. The lowest BCUT2D eigenvalue weighted by Gasteiger charge is -2.26. The highest BCUT2D eigenvalue weighted by molar-refractivity contribution is 6.14. The molecule has 0 amide bonds. The number of allylic oxidation sites excluding steroid dienone is 9. The Morgan fingerprint density at radius 2 is 1.12 bits per heavy atom. The normalized spacial score (nSPS) is 21.2. The Morgan fingerprint density at radius 1 is 0.464 bits per heavy atom. The van der Waals surface area contributed by atoms with E-state index in [1.54, 1.807) is 0 Å². The van der Waals surface area contributed by atoms with Gasteiger partial charge in [0.15, 0.2) is 11.4 Å². The van der Waals surface area contributed by atoms with Crippen LogP contribution in [0.3, 0.4) is 0 Å². The number of fused-ring (bicyclic) bond motifs is 9. The maximum atomic E-state index is 6.65. The predicted octanol–water partition coefficient (Wildman–Crippen LogP) is 27.3. The second kappa shape index (κ2) is 27.8. The lowest BCUT2D eigenvalue weighted by molar-refractivity contribution is 0.430. The van der Waals surface area contributed by atoms with Crippen molar-refractivity contribution in [2.24, 2.45) is 38.6 Å². The van der Waals surface area contributed by atoms with Crippen molar-refractivity contribution in [3.8, 4) is 44.5 Å². The molecule has 0 spiro atoms. The second-order valence-corrected chi connectivity index (χ2v) is 31.7. The van der Waals surface area contributed by atoms with Gasteiger partial charge in [0.2, 0.25) is 0 Å². The van der Waals surface area contributed by atoms with Gasteiger partial charge in [0.25, 0.3) is 0 Å². The standard InChI is InChI=1S/C107H81N3O2/c1-3-68-63-100(88-21-9-7-16-67(88)2)108-106(81-46-40-77(41-47-81)90-26-15-20-76-19-8-10-22-89(76)90)109-105(68)80-44-36-72(37-45-80)70-28-32-75(33-29-70)83-52-59-103-98(62-83)96-55-50-84(65-104(96)112-103)92-57-56-91(93-23-11-12-24-94(92)93)78-38-42-79(43-39-78)99-64-85(69-17-5-4-6-18-69)60-87-66-107(87,110-99)86-53-48-73(49-54-86)71-30-34-74(35-31-71)82-51-58-102-97(61-82)95-25-13-14-27-101(95)111-102/h4-48,50-51,53-55,57-58,61-62,64-65,67-68,73,87-88,91,105H,3,49,56,60,63,66H2,1-2H3/t67?,68?,73?,87?,88?,91?,105?,107-/m0/s1. The lowest BCUT2D eigenvalue weighted by Crippen LogP contribution is -2.24. The van der Waals surface area contributed by atoms with Crippen molar-refractivity contribution in [1.82, 2.24) is 0 Å². The van der Waals surface area contributed by atoms with Crippen LogP contribution in [0.5, 0.6) is 0 Å². The van der Waals surface area contributed by atoms with Crippen LogP contribution >= 0.6 is 0 Å². The Kier molecular flexibility index (Phi) is 16.7. The first kappa shape index (κ1) is 67.1. The van der Waals surface area contributed by atoms with Gasteiger partial charge in [0.1, 0.15) is 16.7 Å². The highest BCUT2D eigenvalue weighted by atomic mass is 16.3. The molecule has 4 aliphatic carbocycles. The number of benzene rings is 12. The molecule has 6 aliphatic rings. The average molecular weight is 1440 g/mol. The Balaban J connectivity index is 0.508. The van der Waals surface area contributed by atoms with Crippen molar-refractivity contribution in [1.29, 1.82) is 0 Å². The average Bonchev–Trinajstić information content (AvgIpc) is 1.55. The van der Waals surface area contributed by atoms with Crippen LogP contribution in [0.4, 0.5) is 0 Å². The number of nitrogens with zero attached hydrogens (tertiary/aromatic N) is 3. The Hall–Kier alpha value is -13.0. The summed E-state index contributed by atoms with van der Waals surface area (Å²) in [7, 11) is 0. The molecule has 112 heavy (non-hydrogen) atoms. The summed E-state index contributed by atoms with van der Waals surface area (Å²) in [4.78, 5) is 17.0. The third kappa shape index (κ3) is 12.2. The van der Waals surface area contributed by atoms with Crippen molar-refractivity contribution in [2.75, 3.05) is 0 Å². The molecule has 5 nitrogen and oxygen atoms in total. The third-order valence-corrected chi connectivity index (χ3v) is 25.2. The van der Waals surface area contributed by atoms with Crippen molar-refractivity contribution < 1.29 is 8.83 Å². The van der Waals surface area contributed by atoms with Crippen LogP contribution in [-0.4, -0.2) is 22.8 Å². The van der Waals surface area contributed by atoms with E-state index < -0.39 is 0 Å². The number of aliphatic imine (C=N–C) groups is 3. The summed E-state index contributed by atoms with van der Waals surface area (Å²) in [5, 5.41) is 6.89. The van der Waals surface area contributed by atoms with Gasteiger partial charge in [0, 0.05) is 56.1 Å². The van der Waals surface area contributed by atoms with Gasteiger partial charge in [-0.3, -0.25) is 9.98 Å². The van der Waals surface area contributed by atoms with Gasteiger partial charge in [-0.25, -0.2) is 4.99 Å². The molecule has 15 aromatic rings. The highest BCUT2D eigenvalue weighted by Gasteiger charge is 2.57. The van der Waals surface area contributed by atoms with Crippen LogP contribution in [0, 0.1) is 35.8 Å². The molecule has 7 unspecified atom stereocenters. The molecule has 0 radical (unpaired) electrons. The van der Waals surface area contributed by atoms with Crippen LogP contribution < -0.4 is 0 Å². The zero-order valence-corrected chi connectivity index (χ0v) is 62.8. The van der Waals surface area contributed by atoms with Gasteiger partial charge >= 0.3 is 0 Å². The van der Waals surface area contributed by atoms with Crippen LogP contribution in [0.15, 0.2) is 369 Å². The van der Waals surface area contributed by atoms with E-state index in [1.807, 2.05) is 12.1 Å². The van der Waals surface area contributed by atoms with Crippen LogP contribution in [-0.2, 0) is 0 Å². The first-order valence-corrected chi connectivity index (χ1v) is 40.0. The molecule has 21 rings (SSSR count). The summed E-state index contributed by atoms with van der Waals surface area (Å²) in [5.74, 6) is 2.62. The fourth-order valence-electron chi connectivity index (χ4n) is 18.9. The van der Waals surface area contributed by atoms with E-state index in [9.17, 15) is 0 Å². The first-order valence-electron chi connectivity index (χ1n) is 40.0.